The van der Waals surface area contributed by atoms with E-state index in [4.69, 9.17) is 5.73 Å². The van der Waals surface area contributed by atoms with Crippen molar-refractivity contribution in [2.75, 3.05) is 5.32 Å². The number of primary amides is 1. The van der Waals surface area contributed by atoms with Crippen molar-refractivity contribution in [3.05, 3.63) is 71.5 Å². The minimum absolute atomic E-state index is 0.120. The molecule has 4 N–H and O–H groups in total. The molecular formula is C20H15F3N6O. The van der Waals surface area contributed by atoms with Gasteiger partial charge in [0.1, 0.15) is 5.52 Å². The van der Waals surface area contributed by atoms with E-state index in [1.807, 2.05) is 0 Å². The summed E-state index contributed by atoms with van der Waals surface area (Å²) >= 11 is 0. The average Bonchev–Trinajstić information content (AvgIpc) is 3.20. The first-order valence-electron chi connectivity index (χ1n) is 8.82. The molecule has 0 saturated carbocycles. The topological polar surface area (TPSA) is 110 Å². The Morgan fingerprint density at radius 2 is 1.87 bits per heavy atom. The number of benzene rings is 2. The summed E-state index contributed by atoms with van der Waals surface area (Å²) in [5, 5.41) is 3.04. The second-order valence-corrected chi connectivity index (χ2v) is 6.49. The fourth-order valence-corrected chi connectivity index (χ4v) is 2.92. The van der Waals surface area contributed by atoms with Crippen LogP contribution in [0.4, 0.5) is 19.0 Å². The summed E-state index contributed by atoms with van der Waals surface area (Å²) in [4.78, 5) is 27.2. The Morgan fingerprint density at radius 1 is 1.10 bits per heavy atom. The zero-order valence-electron chi connectivity index (χ0n) is 15.4. The molecule has 0 fully saturated rings. The lowest BCUT2D eigenvalue weighted by Gasteiger charge is -2.11. The van der Waals surface area contributed by atoms with E-state index in [2.05, 4.69) is 25.3 Å². The molecule has 0 aliphatic rings. The van der Waals surface area contributed by atoms with Gasteiger partial charge in [0.25, 0.3) is 0 Å². The molecule has 30 heavy (non-hydrogen) atoms. The Morgan fingerprint density at radius 3 is 2.57 bits per heavy atom. The van der Waals surface area contributed by atoms with E-state index in [9.17, 15) is 18.0 Å². The minimum atomic E-state index is -4.41. The number of nitrogens with zero attached hydrogens (tertiary/aromatic N) is 3. The normalized spacial score (nSPS) is 11.6. The molecule has 4 aromatic rings. The van der Waals surface area contributed by atoms with Gasteiger partial charge in [-0.1, -0.05) is 24.3 Å². The highest BCUT2D eigenvalue weighted by Crippen LogP contribution is 2.30. The number of nitrogens with two attached hydrogens (primary N) is 1. The standard InChI is InChI=1S/C20H15F3N6O/c21-20(22,23)14-3-1-2-11(8-14)9-25-18-15-19(27-10-26-15)29-17(28-18)13-6-4-12(5-7-13)16(24)30/h1-8,10H,9H2,(H2,24,30)(H2,25,26,27,28,29). The van der Waals surface area contributed by atoms with Crippen LogP contribution in [0.25, 0.3) is 22.6 Å². The minimum Gasteiger partial charge on any atom is -0.366 e. The van der Waals surface area contributed by atoms with E-state index in [0.29, 0.717) is 39.5 Å². The van der Waals surface area contributed by atoms with Crippen LogP contribution in [0.15, 0.2) is 54.9 Å². The highest BCUT2D eigenvalue weighted by molar-refractivity contribution is 5.93. The number of hydrogen-bond acceptors (Lipinski definition) is 5. The number of carbonyl (C=O) groups excluding carboxylic acids is 1. The van der Waals surface area contributed by atoms with E-state index >= 15 is 0 Å². The average molecular weight is 412 g/mol. The van der Waals surface area contributed by atoms with Gasteiger partial charge in [-0.15, -0.1) is 0 Å². The monoisotopic (exact) mass is 412 g/mol. The van der Waals surface area contributed by atoms with Gasteiger partial charge in [-0.2, -0.15) is 13.2 Å². The Bertz CT molecular complexity index is 1220. The number of fused-ring (bicyclic) bond motifs is 1. The lowest BCUT2D eigenvalue weighted by molar-refractivity contribution is -0.137. The second-order valence-electron chi connectivity index (χ2n) is 6.49. The van der Waals surface area contributed by atoms with Crippen LogP contribution in [0, 0.1) is 0 Å². The van der Waals surface area contributed by atoms with Crippen molar-refractivity contribution in [1.29, 1.82) is 0 Å². The number of amides is 1. The van der Waals surface area contributed by atoms with Gasteiger partial charge in [-0.3, -0.25) is 4.79 Å². The van der Waals surface area contributed by atoms with Gasteiger partial charge in [0.15, 0.2) is 17.3 Å². The smallest absolute Gasteiger partial charge is 0.366 e. The SMILES string of the molecule is NC(=O)c1ccc(-c2nc(NCc3cccc(C(F)(F)F)c3)c3[nH]cnc3n2)cc1. The lowest BCUT2D eigenvalue weighted by Crippen LogP contribution is -2.10. The zero-order chi connectivity index (χ0) is 21.3. The van der Waals surface area contributed by atoms with Crippen molar-refractivity contribution in [3.63, 3.8) is 0 Å². The number of aromatic nitrogens is 4. The van der Waals surface area contributed by atoms with E-state index < -0.39 is 17.6 Å². The number of rotatable bonds is 5. The highest BCUT2D eigenvalue weighted by atomic mass is 19.4. The van der Waals surface area contributed by atoms with Gasteiger partial charge in [0.05, 0.1) is 11.9 Å². The number of anilines is 1. The van der Waals surface area contributed by atoms with Gasteiger partial charge in [0.2, 0.25) is 5.91 Å². The quantitative estimate of drug-likeness (QED) is 0.463. The second kappa shape index (κ2) is 7.47. The largest absolute Gasteiger partial charge is 0.416 e. The van der Waals surface area contributed by atoms with Crippen molar-refractivity contribution in [1.82, 2.24) is 19.9 Å². The van der Waals surface area contributed by atoms with E-state index in [1.165, 1.54) is 12.4 Å². The summed E-state index contributed by atoms with van der Waals surface area (Å²) in [5.41, 5.74) is 6.89. The number of aromatic amines is 1. The third-order valence-corrected chi connectivity index (χ3v) is 4.43. The molecule has 0 aliphatic heterocycles. The molecule has 4 rings (SSSR count). The number of nitrogens with one attached hydrogen (secondary N) is 2. The molecule has 7 nitrogen and oxygen atoms in total. The van der Waals surface area contributed by atoms with Gasteiger partial charge in [0, 0.05) is 17.7 Å². The molecule has 0 bridgehead atoms. The molecule has 0 atom stereocenters. The number of imidazole rings is 1. The van der Waals surface area contributed by atoms with Crippen LogP contribution >= 0.6 is 0 Å². The molecule has 2 heterocycles. The molecule has 2 aromatic carbocycles. The van der Waals surface area contributed by atoms with Gasteiger partial charge in [-0.05, 0) is 29.8 Å². The summed E-state index contributed by atoms with van der Waals surface area (Å²) in [6, 6.07) is 11.5. The molecule has 152 valence electrons. The van der Waals surface area contributed by atoms with Crippen molar-refractivity contribution in [2.24, 2.45) is 5.73 Å². The third kappa shape index (κ3) is 3.93. The summed E-state index contributed by atoms with van der Waals surface area (Å²) in [5.74, 6) is 0.190. The number of halogens is 3. The summed E-state index contributed by atoms with van der Waals surface area (Å²) in [6.45, 7) is 0.120. The van der Waals surface area contributed by atoms with Crippen LogP contribution in [-0.4, -0.2) is 25.8 Å². The lowest BCUT2D eigenvalue weighted by atomic mass is 10.1. The van der Waals surface area contributed by atoms with Crippen LogP contribution in [-0.2, 0) is 12.7 Å². The zero-order valence-corrected chi connectivity index (χ0v) is 15.4. The molecule has 2 aromatic heterocycles. The van der Waals surface area contributed by atoms with E-state index in [1.54, 1.807) is 30.3 Å². The first kappa shape index (κ1) is 19.4. The van der Waals surface area contributed by atoms with Crippen LogP contribution in [0.5, 0.6) is 0 Å². The number of H-pyrrole nitrogens is 1. The molecule has 0 spiro atoms. The molecule has 0 radical (unpaired) electrons. The highest BCUT2D eigenvalue weighted by Gasteiger charge is 2.30. The molecule has 1 amide bonds. The van der Waals surface area contributed by atoms with Crippen LogP contribution in [0.2, 0.25) is 0 Å². The Kier molecular flexibility index (Phi) is 4.82. The number of hydrogen-bond donors (Lipinski definition) is 3. The van der Waals surface area contributed by atoms with E-state index in [-0.39, 0.29) is 6.54 Å². The maximum absolute atomic E-state index is 12.9. The predicted molar refractivity (Wildman–Crippen MR) is 104 cm³/mol. The fourth-order valence-electron chi connectivity index (χ4n) is 2.92. The van der Waals surface area contributed by atoms with Crippen molar-refractivity contribution in [2.45, 2.75) is 12.7 Å². The Hall–Kier alpha value is -3.95. The maximum atomic E-state index is 12.9. The van der Waals surface area contributed by atoms with Gasteiger partial charge >= 0.3 is 6.18 Å². The van der Waals surface area contributed by atoms with Gasteiger partial charge in [-0.25, -0.2) is 15.0 Å². The number of carbonyl (C=O) groups is 1. The van der Waals surface area contributed by atoms with Crippen LogP contribution in [0.1, 0.15) is 21.5 Å². The van der Waals surface area contributed by atoms with Crippen LogP contribution < -0.4 is 11.1 Å². The summed E-state index contributed by atoms with van der Waals surface area (Å²) < 4.78 is 38.8. The fraction of sp³-hybridized carbons (Fsp3) is 0.100. The molecule has 0 unspecified atom stereocenters. The molecule has 0 aliphatic carbocycles. The third-order valence-electron chi connectivity index (χ3n) is 4.43. The Balaban J connectivity index is 1.64. The van der Waals surface area contributed by atoms with Crippen molar-refractivity contribution >= 4 is 22.9 Å². The Labute approximate surface area is 168 Å². The molecule has 0 saturated heterocycles. The van der Waals surface area contributed by atoms with Crippen molar-refractivity contribution in [3.8, 4) is 11.4 Å². The van der Waals surface area contributed by atoms with Gasteiger partial charge < -0.3 is 16.0 Å². The predicted octanol–water partition coefficient (Wildman–Crippen LogP) is 3.75. The van der Waals surface area contributed by atoms with Crippen LogP contribution in [0.3, 0.4) is 0 Å². The number of alkyl halides is 3. The van der Waals surface area contributed by atoms with E-state index in [0.717, 1.165) is 12.1 Å². The maximum Gasteiger partial charge on any atom is 0.416 e. The first-order chi connectivity index (χ1) is 14.3. The summed E-state index contributed by atoms with van der Waals surface area (Å²) in [7, 11) is 0. The van der Waals surface area contributed by atoms with Crippen molar-refractivity contribution < 1.29 is 18.0 Å². The first-order valence-corrected chi connectivity index (χ1v) is 8.82. The molecular weight excluding hydrogens is 397 g/mol. The summed E-state index contributed by atoms with van der Waals surface area (Å²) in [6.07, 6.45) is -2.96. The molecule has 10 heteroatoms.